The van der Waals surface area contributed by atoms with Gasteiger partial charge in [-0.25, -0.2) is 0 Å². The third-order valence-electron chi connectivity index (χ3n) is 3.34. The maximum absolute atomic E-state index is 11.8. The first-order valence-electron chi connectivity index (χ1n) is 7.71. The Hall–Kier alpha value is -2.49. The van der Waals surface area contributed by atoms with Gasteiger partial charge in [0.25, 0.3) is 5.91 Å². The molecule has 0 bridgehead atoms. The molecule has 4 heteroatoms. The van der Waals surface area contributed by atoms with Crippen molar-refractivity contribution < 1.29 is 14.3 Å². The molecule has 1 amide bonds. The molecule has 1 N–H and O–H groups in total. The lowest BCUT2D eigenvalue weighted by atomic mass is 10.1. The SMILES string of the molecule is Cc1cc(C)cc(OCCNC(=O)COc2ccccc2C)c1. The topological polar surface area (TPSA) is 47.6 Å². The average molecular weight is 313 g/mol. The van der Waals surface area contributed by atoms with Gasteiger partial charge in [0, 0.05) is 0 Å². The van der Waals surface area contributed by atoms with Crippen LogP contribution in [0.15, 0.2) is 42.5 Å². The molecule has 0 heterocycles. The molecule has 0 saturated heterocycles. The standard InChI is InChI=1S/C19H23NO3/c1-14-10-15(2)12-17(11-14)22-9-8-20-19(21)13-23-18-7-5-4-6-16(18)3/h4-7,10-12H,8-9,13H2,1-3H3,(H,20,21). The Bertz CT molecular complexity index is 647. The molecule has 2 aromatic carbocycles. The molecule has 0 aliphatic carbocycles. The van der Waals surface area contributed by atoms with Gasteiger partial charge >= 0.3 is 0 Å². The van der Waals surface area contributed by atoms with Gasteiger partial charge < -0.3 is 14.8 Å². The quantitative estimate of drug-likeness (QED) is 0.799. The monoisotopic (exact) mass is 313 g/mol. The first-order valence-corrected chi connectivity index (χ1v) is 7.71. The highest BCUT2D eigenvalue weighted by Gasteiger charge is 2.04. The molecular formula is C19H23NO3. The summed E-state index contributed by atoms with van der Waals surface area (Å²) in [6, 6.07) is 13.7. The van der Waals surface area contributed by atoms with Crippen LogP contribution >= 0.6 is 0 Å². The van der Waals surface area contributed by atoms with E-state index in [4.69, 9.17) is 9.47 Å². The van der Waals surface area contributed by atoms with Crippen molar-refractivity contribution in [2.45, 2.75) is 20.8 Å². The first kappa shape index (κ1) is 16.9. The minimum Gasteiger partial charge on any atom is -0.492 e. The van der Waals surface area contributed by atoms with E-state index >= 15 is 0 Å². The zero-order chi connectivity index (χ0) is 16.7. The number of aryl methyl sites for hydroxylation is 3. The fourth-order valence-corrected chi connectivity index (χ4v) is 2.29. The summed E-state index contributed by atoms with van der Waals surface area (Å²) in [5.41, 5.74) is 3.34. The number of nitrogens with one attached hydrogen (secondary N) is 1. The minimum atomic E-state index is -0.155. The first-order chi connectivity index (χ1) is 11.0. The van der Waals surface area contributed by atoms with E-state index in [1.165, 1.54) is 0 Å². The summed E-state index contributed by atoms with van der Waals surface area (Å²) in [5, 5.41) is 2.78. The van der Waals surface area contributed by atoms with Crippen LogP contribution in [-0.2, 0) is 4.79 Å². The van der Waals surface area contributed by atoms with E-state index in [1.54, 1.807) is 0 Å². The normalized spacial score (nSPS) is 10.2. The highest BCUT2D eigenvalue weighted by molar-refractivity contribution is 5.77. The molecule has 0 unspecified atom stereocenters. The highest BCUT2D eigenvalue weighted by Crippen LogP contribution is 2.16. The Morgan fingerprint density at radius 2 is 1.70 bits per heavy atom. The molecular weight excluding hydrogens is 290 g/mol. The van der Waals surface area contributed by atoms with Crippen molar-refractivity contribution in [1.82, 2.24) is 5.32 Å². The van der Waals surface area contributed by atoms with Crippen molar-refractivity contribution in [3.05, 3.63) is 59.2 Å². The summed E-state index contributed by atoms with van der Waals surface area (Å²) >= 11 is 0. The van der Waals surface area contributed by atoms with Crippen LogP contribution in [0.2, 0.25) is 0 Å². The Balaban J connectivity index is 1.68. The molecule has 0 radical (unpaired) electrons. The summed E-state index contributed by atoms with van der Waals surface area (Å²) in [4.78, 5) is 11.8. The van der Waals surface area contributed by atoms with Crippen LogP contribution in [0.3, 0.4) is 0 Å². The number of carbonyl (C=O) groups is 1. The van der Waals surface area contributed by atoms with Crippen LogP contribution < -0.4 is 14.8 Å². The summed E-state index contributed by atoms with van der Waals surface area (Å²) in [6.45, 7) is 6.90. The number of para-hydroxylation sites is 1. The fraction of sp³-hybridized carbons (Fsp3) is 0.316. The molecule has 0 aliphatic heterocycles. The second-order valence-corrected chi connectivity index (χ2v) is 5.58. The van der Waals surface area contributed by atoms with Crippen molar-refractivity contribution in [3.63, 3.8) is 0 Å². The number of hydrogen-bond acceptors (Lipinski definition) is 3. The van der Waals surface area contributed by atoms with Gasteiger partial charge in [0.1, 0.15) is 18.1 Å². The van der Waals surface area contributed by atoms with Gasteiger partial charge in [0.05, 0.1) is 6.54 Å². The van der Waals surface area contributed by atoms with Crippen molar-refractivity contribution in [2.24, 2.45) is 0 Å². The van der Waals surface area contributed by atoms with Gasteiger partial charge in [-0.15, -0.1) is 0 Å². The molecule has 122 valence electrons. The Morgan fingerprint density at radius 3 is 2.39 bits per heavy atom. The summed E-state index contributed by atoms with van der Waals surface area (Å²) in [7, 11) is 0. The second kappa shape index (κ2) is 8.22. The number of benzene rings is 2. The molecule has 2 rings (SSSR count). The lowest BCUT2D eigenvalue weighted by Gasteiger charge is -2.11. The van der Waals surface area contributed by atoms with Gasteiger partial charge in [-0.2, -0.15) is 0 Å². The molecule has 0 atom stereocenters. The summed E-state index contributed by atoms with van der Waals surface area (Å²) < 4.78 is 11.1. The van der Waals surface area contributed by atoms with Crippen LogP contribution in [0.25, 0.3) is 0 Å². The van der Waals surface area contributed by atoms with Crippen LogP contribution in [0.5, 0.6) is 11.5 Å². The third-order valence-corrected chi connectivity index (χ3v) is 3.34. The smallest absolute Gasteiger partial charge is 0.258 e. The number of rotatable bonds is 7. The highest BCUT2D eigenvalue weighted by atomic mass is 16.5. The summed E-state index contributed by atoms with van der Waals surface area (Å²) in [6.07, 6.45) is 0. The average Bonchev–Trinajstić information content (AvgIpc) is 2.50. The van der Waals surface area contributed by atoms with Crippen LogP contribution in [0.1, 0.15) is 16.7 Å². The van der Waals surface area contributed by atoms with Gasteiger partial charge in [0.2, 0.25) is 0 Å². The Morgan fingerprint density at radius 1 is 1.00 bits per heavy atom. The molecule has 23 heavy (non-hydrogen) atoms. The molecule has 0 saturated carbocycles. The van der Waals surface area contributed by atoms with Crippen molar-refractivity contribution in [2.75, 3.05) is 19.8 Å². The maximum atomic E-state index is 11.8. The lowest BCUT2D eigenvalue weighted by Crippen LogP contribution is -2.32. The minimum absolute atomic E-state index is 0.00834. The van der Waals surface area contributed by atoms with Gasteiger partial charge in [-0.3, -0.25) is 4.79 Å². The van der Waals surface area contributed by atoms with Gasteiger partial charge in [0.15, 0.2) is 6.61 Å². The molecule has 0 aromatic heterocycles. The summed E-state index contributed by atoms with van der Waals surface area (Å²) in [5.74, 6) is 1.40. The molecule has 2 aromatic rings. The molecule has 0 spiro atoms. The Kier molecular flexibility index (Phi) is 6.03. The van der Waals surface area contributed by atoms with Gasteiger partial charge in [-0.05, 0) is 55.7 Å². The predicted molar refractivity (Wildman–Crippen MR) is 91.1 cm³/mol. The van der Waals surface area contributed by atoms with E-state index in [-0.39, 0.29) is 12.5 Å². The van der Waals surface area contributed by atoms with E-state index in [2.05, 4.69) is 11.4 Å². The van der Waals surface area contributed by atoms with E-state index in [9.17, 15) is 4.79 Å². The van der Waals surface area contributed by atoms with Crippen molar-refractivity contribution in [3.8, 4) is 11.5 Å². The number of ether oxygens (including phenoxy) is 2. The van der Waals surface area contributed by atoms with E-state index in [0.29, 0.717) is 13.2 Å². The fourth-order valence-electron chi connectivity index (χ4n) is 2.29. The number of amides is 1. The largest absolute Gasteiger partial charge is 0.492 e. The second-order valence-electron chi connectivity index (χ2n) is 5.58. The molecule has 4 nitrogen and oxygen atoms in total. The zero-order valence-electron chi connectivity index (χ0n) is 13.9. The maximum Gasteiger partial charge on any atom is 0.258 e. The molecule has 0 fully saturated rings. The van der Waals surface area contributed by atoms with Crippen molar-refractivity contribution >= 4 is 5.91 Å². The van der Waals surface area contributed by atoms with Gasteiger partial charge in [-0.1, -0.05) is 24.3 Å². The lowest BCUT2D eigenvalue weighted by molar-refractivity contribution is -0.123. The van der Waals surface area contributed by atoms with Crippen molar-refractivity contribution in [1.29, 1.82) is 0 Å². The van der Waals surface area contributed by atoms with Crippen LogP contribution in [0.4, 0.5) is 0 Å². The third kappa shape index (κ3) is 5.66. The Labute approximate surface area is 137 Å². The number of carbonyl (C=O) groups excluding carboxylic acids is 1. The van der Waals surface area contributed by atoms with Crippen LogP contribution in [0, 0.1) is 20.8 Å². The predicted octanol–water partition coefficient (Wildman–Crippen LogP) is 3.19. The molecule has 0 aliphatic rings. The van der Waals surface area contributed by atoms with E-state index in [1.807, 2.05) is 57.2 Å². The zero-order valence-corrected chi connectivity index (χ0v) is 13.9. The number of hydrogen-bond donors (Lipinski definition) is 1. The van der Waals surface area contributed by atoms with E-state index in [0.717, 1.165) is 28.2 Å². The van der Waals surface area contributed by atoms with Crippen LogP contribution in [-0.4, -0.2) is 25.7 Å². The van der Waals surface area contributed by atoms with E-state index < -0.39 is 0 Å².